The lowest BCUT2D eigenvalue weighted by Crippen LogP contribution is -2.05. The average Bonchev–Trinajstić information content (AvgIpc) is 2.39. The van der Waals surface area contributed by atoms with Gasteiger partial charge in [-0.05, 0) is 36.8 Å². The van der Waals surface area contributed by atoms with Gasteiger partial charge in [0.25, 0.3) is 0 Å². The molecule has 0 bridgehead atoms. The van der Waals surface area contributed by atoms with Gasteiger partial charge in [0.1, 0.15) is 0 Å². The Morgan fingerprint density at radius 3 is 3.00 bits per heavy atom. The first-order valence-corrected chi connectivity index (χ1v) is 5.37. The molecule has 0 N–H and O–H groups in total. The predicted molar refractivity (Wildman–Crippen MR) is 64.7 cm³/mol. The highest BCUT2D eigenvalue weighted by molar-refractivity contribution is 6.08. The van der Waals surface area contributed by atoms with E-state index >= 15 is 0 Å². The second kappa shape index (κ2) is 3.85. The number of hydrogen-bond donors (Lipinski definition) is 0. The van der Waals surface area contributed by atoms with Crippen molar-refractivity contribution in [1.82, 2.24) is 9.97 Å². The van der Waals surface area contributed by atoms with Crippen molar-refractivity contribution in [3.63, 3.8) is 0 Å². The van der Waals surface area contributed by atoms with Gasteiger partial charge in [0, 0.05) is 18.1 Å². The van der Waals surface area contributed by atoms with Crippen LogP contribution in [0.25, 0.3) is 11.0 Å². The van der Waals surface area contributed by atoms with Gasteiger partial charge < -0.3 is 0 Å². The summed E-state index contributed by atoms with van der Waals surface area (Å²) in [5.74, 6) is 0. The first-order chi connectivity index (χ1) is 7.93. The van der Waals surface area contributed by atoms with Crippen LogP contribution in [0, 0.1) is 0 Å². The molecule has 1 aliphatic heterocycles. The number of rotatable bonds is 1. The molecule has 0 aromatic carbocycles. The molecule has 2 aromatic heterocycles. The Bertz CT molecular complexity index is 585. The fraction of sp³-hybridized carbons (Fsp3) is 0.154. The maximum atomic E-state index is 4.51. The first kappa shape index (κ1) is 9.21. The minimum atomic E-state index is 0.779. The minimum Gasteiger partial charge on any atom is -0.283 e. The Hall–Kier alpha value is -2.03. The molecule has 0 amide bonds. The fourth-order valence-electron chi connectivity index (χ4n) is 1.77. The van der Waals surface area contributed by atoms with Crippen LogP contribution in [0.15, 0.2) is 47.6 Å². The summed E-state index contributed by atoms with van der Waals surface area (Å²) in [5.41, 5.74) is 2.64. The third-order valence-corrected chi connectivity index (χ3v) is 2.58. The number of aromatic nitrogens is 2. The number of pyridine rings is 2. The Kier molecular flexibility index (Phi) is 2.22. The number of dihydropyridines is 1. The Morgan fingerprint density at radius 2 is 2.12 bits per heavy atom. The monoisotopic (exact) mass is 209 g/mol. The number of allylic oxidation sites excluding steroid dienone is 1. The molecule has 0 radical (unpaired) electrons. The maximum Gasteiger partial charge on any atom is 0.159 e. The largest absolute Gasteiger partial charge is 0.283 e. The van der Waals surface area contributed by atoms with Crippen LogP contribution in [0.5, 0.6) is 0 Å². The standard InChI is InChI=1S/C13H11N3/c1-2-8-14-11(5-1)12-7-6-10-4-3-9-15-13(10)16-12/h1,3-7,9H,2,8H2. The lowest BCUT2D eigenvalue weighted by molar-refractivity contribution is 0.991. The van der Waals surface area contributed by atoms with Gasteiger partial charge >= 0.3 is 0 Å². The van der Waals surface area contributed by atoms with Crippen molar-refractivity contribution in [2.45, 2.75) is 6.42 Å². The van der Waals surface area contributed by atoms with Crippen molar-refractivity contribution in [3.05, 3.63) is 48.3 Å². The fourth-order valence-corrected chi connectivity index (χ4v) is 1.77. The van der Waals surface area contributed by atoms with Gasteiger partial charge in [-0.3, -0.25) is 4.99 Å². The third kappa shape index (κ3) is 1.60. The van der Waals surface area contributed by atoms with Crippen LogP contribution in [0.1, 0.15) is 12.1 Å². The molecule has 3 rings (SSSR count). The topological polar surface area (TPSA) is 38.1 Å². The highest BCUT2D eigenvalue weighted by Crippen LogP contribution is 2.11. The molecule has 3 heterocycles. The van der Waals surface area contributed by atoms with Crippen LogP contribution in [-0.4, -0.2) is 22.2 Å². The van der Waals surface area contributed by atoms with E-state index in [1.54, 1.807) is 6.20 Å². The number of aliphatic imine (C=N–C) groups is 1. The quantitative estimate of drug-likeness (QED) is 0.723. The van der Waals surface area contributed by atoms with E-state index in [-0.39, 0.29) is 0 Å². The maximum absolute atomic E-state index is 4.51. The summed E-state index contributed by atoms with van der Waals surface area (Å²) in [4.78, 5) is 13.2. The molecule has 0 saturated carbocycles. The van der Waals surface area contributed by atoms with Crippen LogP contribution in [-0.2, 0) is 0 Å². The zero-order valence-corrected chi connectivity index (χ0v) is 8.80. The van der Waals surface area contributed by atoms with Gasteiger partial charge in [0.2, 0.25) is 0 Å². The van der Waals surface area contributed by atoms with Gasteiger partial charge in [0.05, 0.1) is 11.4 Å². The van der Waals surface area contributed by atoms with E-state index < -0.39 is 0 Å². The average molecular weight is 209 g/mol. The summed E-state index contributed by atoms with van der Waals surface area (Å²) in [6.07, 6.45) is 6.94. The minimum absolute atomic E-state index is 0.779. The van der Waals surface area contributed by atoms with Crippen molar-refractivity contribution in [3.8, 4) is 0 Å². The molecule has 1 aliphatic rings. The lowest BCUT2D eigenvalue weighted by Gasteiger charge is -2.05. The van der Waals surface area contributed by atoms with Crippen LogP contribution in [0.3, 0.4) is 0 Å². The van der Waals surface area contributed by atoms with E-state index in [4.69, 9.17) is 0 Å². The molecular formula is C13H11N3. The predicted octanol–water partition coefficient (Wildman–Crippen LogP) is 2.38. The second-order valence-corrected chi connectivity index (χ2v) is 3.70. The van der Waals surface area contributed by atoms with Crippen LogP contribution < -0.4 is 0 Å². The van der Waals surface area contributed by atoms with E-state index in [9.17, 15) is 0 Å². The summed E-state index contributed by atoms with van der Waals surface area (Å²) in [7, 11) is 0. The normalized spacial score (nSPS) is 15.1. The Labute approximate surface area is 93.6 Å². The van der Waals surface area contributed by atoms with E-state index in [1.807, 2.05) is 30.3 Å². The molecular weight excluding hydrogens is 198 g/mol. The summed E-state index contributed by atoms with van der Waals surface area (Å²) >= 11 is 0. The Morgan fingerprint density at radius 1 is 1.12 bits per heavy atom. The molecule has 0 atom stereocenters. The first-order valence-electron chi connectivity index (χ1n) is 5.37. The van der Waals surface area contributed by atoms with Crippen molar-refractivity contribution < 1.29 is 0 Å². The third-order valence-electron chi connectivity index (χ3n) is 2.58. The molecule has 3 nitrogen and oxygen atoms in total. The molecule has 0 saturated heterocycles. The van der Waals surface area contributed by atoms with Crippen LogP contribution >= 0.6 is 0 Å². The summed E-state index contributed by atoms with van der Waals surface area (Å²) in [6.45, 7) is 0.855. The highest BCUT2D eigenvalue weighted by Gasteiger charge is 2.05. The van der Waals surface area contributed by atoms with Crippen LogP contribution in [0.4, 0.5) is 0 Å². The summed E-state index contributed by atoms with van der Waals surface area (Å²) in [5, 5.41) is 1.06. The Balaban J connectivity index is 2.11. The smallest absolute Gasteiger partial charge is 0.159 e. The van der Waals surface area contributed by atoms with Crippen molar-refractivity contribution in [2.24, 2.45) is 4.99 Å². The summed E-state index contributed by atoms with van der Waals surface area (Å²) in [6, 6.07) is 7.97. The highest BCUT2D eigenvalue weighted by atomic mass is 14.9. The second-order valence-electron chi connectivity index (χ2n) is 3.70. The van der Waals surface area contributed by atoms with E-state index in [0.29, 0.717) is 0 Å². The number of fused-ring (bicyclic) bond motifs is 1. The zero-order chi connectivity index (χ0) is 10.8. The van der Waals surface area contributed by atoms with Gasteiger partial charge in [-0.2, -0.15) is 0 Å². The van der Waals surface area contributed by atoms with Crippen molar-refractivity contribution >= 4 is 16.7 Å². The van der Waals surface area contributed by atoms with Crippen molar-refractivity contribution in [2.75, 3.05) is 6.54 Å². The molecule has 3 heteroatoms. The SMILES string of the molecule is C1=CC(c2ccc3cccnc3n2)=NCC1. The van der Waals surface area contributed by atoms with E-state index in [0.717, 1.165) is 35.4 Å². The van der Waals surface area contributed by atoms with Gasteiger partial charge in [-0.15, -0.1) is 0 Å². The molecule has 0 aliphatic carbocycles. The van der Waals surface area contributed by atoms with Gasteiger partial charge in [-0.25, -0.2) is 9.97 Å². The van der Waals surface area contributed by atoms with Crippen LogP contribution in [0.2, 0.25) is 0 Å². The van der Waals surface area contributed by atoms with Gasteiger partial charge in [-0.1, -0.05) is 6.08 Å². The molecule has 16 heavy (non-hydrogen) atoms. The molecule has 0 spiro atoms. The van der Waals surface area contributed by atoms with E-state index in [1.165, 1.54) is 0 Å². The molecule has 78 valence electrons. The lowest BCUT2D eigenvalue weighted by atomic mass is 10.1. The van der Waals surface area contributed by atoms with Gasteiger partial charge in [0.15, 0.2) is 5.65 Å². The zero-order valence-electron chi connectivity index (χ0n) is 8.80. The number of nitrogens with zero attached hydrogens (tertiary/aromatic N) is 3. The summed E-state index contributed by atoms with van der Waals surface area (Å²) < 4.78 is 0. The molecule has 0 fully saturated rings. The van der Waals surface area contributed by atoms with Crippen molar-refractivity contribution in [1.29, 1.82) is 0 Å². The molecule has 0 unspecified atom stereocenters. The molecule has 2 aromatic rings. The number of hydrogen-bond acceptors (Lipinski definition) is 3. The van der Waals surface area contributed by atoms with E-state index in [2.05, 4.69) is 21.0 Å².